The van der Waals surface area contributed by atoms with E-state index in [9.17, 15) is 9.90 Å². The highest BCUT2D eigenvalue weighted by Gasteiger charge is 2.28. The first-order valence-corrected chi connectivity index (χ1v) is 5.95. The first kappa shape index (κ1) is 12.7. The first-order chi connectivity index (χ1) is 6.80. The minimum absolute atomic E-state index is 0.152. The minimum Gasteiger partial charge on any atom is -0.385 e. The van der Waals surface area contributed by atoms with Crippen molar-refractivity contribution in [2.24, 2.45) is 5.41 Å². The van der Waals surface area contributed by atoms with Crippen LogP contribution in [0.15, 0.2) is 12.1 Å². The van der Waals surface area contributed by atoms with Gasteiger partial charge >= 0.3 is 0 Å². The molecule has 2 nitrogen and oxygen atoms in total. The fourth-order valence-corrected chi connectivity index (χ4v) is 2.30. The molecule has 0 aliphatic carbocycles. The van der Waals surface area contributed by atoms with Crippen molar-refractivity contribution >= 4 is 28.7 Å². The lowest BCUT2D eigenvalue weighted by molar-refractivity contribution is -0.131. The molecule has 1 rings (SSSR count). The summed E-state index contributed by atoms with van der Waals surface area (Å²) >= 11 is 7.14. The number of rotatable bonds is 3. The van der Waals surface area contributed by atoms with Crippen LogP contribution < -0.4 is 0 Å². The highest BCUT2D eigenvalue weighted by Crippen LogP contribution is 2.25. The number of aliphatic hydroxyl groups is 1. The Morgan fingerprint density at radius 3 is 2.53 bits per heavy atom. The normalized spacial score (nSPS) is 13.9. The van der Waals surface area contributed by atoms with Gasteiger partial charge in [0, 0.05) is 11.3 Å². The molecule has 0 bridgehead atoms. The molecule has 1 unspecified atom stereocenters. The molecule has 1 heterocycles. The summed E-state index contributed by atoms with van der Waals surface area (Å²) in [7, 11) is 0. The van der Waals surface area contributed by atoms with E-state index in [-0.39, 0.29) is 12.2 Å². The monoisotopic (exact) mass is 246 g/mol. The molecule has 4 heteroatoms. The number of carbonyl (C=O) groups excluding carboxylic acids is 1. The first-order valence-electron chi connectivity index (χ1n) is 4.75. The Morgan fingerprint density at radius 2 is 2.13 bits per heavy atom. The summed E-state index contributed by atoms with van der Waals surface area (Å²) in [5.41, 5.74) is -0.405. The Bertz CT molecular complexity index is 352. The number of hydrogen-bond acceptors (Lipinski definition) is 3. The molecule has 0 aliphatic rings. The SMILES string of the molecule is CC(C)(C)C(O)C(=O)Cc1ccc(Cl)s1. The van der Waals surface area contributed by atoms with E-state index >= 15 is 0 Å². The van der Waals surface area contributed by atoms with Crippen molar-refractivity contribution in [1.82, 2.24) is 0 Å². The second kappa shape index (κ2) is 4.64. The van der Waals surface area contributed by atoms with Gasteiger partial charge in [-0.3, -0.25) is 4.79 Å². The van der Waals surface area contributed by atoms with E-state index in [0.717, 1.165) is 4.88 Å². The standard InChI is InChI=1S/C11H15ClO2S/c1-11(2,3)10(14)8(13)6-7-4-5-9(12)15-7/h4-5,10,14H,6H2,1-3H3. The molecule has 1 aromatic rings. The number of ketones is 1. The molecule has 0 aliphatic heterocycles. The molecule has 15 heavy (non-hydrogen) atoms. The molecule has 1 aromatic heterocycles. The van der Waals surface area contributed by atoms with E-state index < -0.39 is 11.5 Å². The summed E-state index contributed by atoms with van der Waals surface area (Å²) in [6, 6.07) is 3.58. The second-order valence-electron chi connectivity index (χ2n) is 4.62. The van der Waals surface area contributed by atoms with Crippen LogP contribution in [0.4, 0.5) is 0 Å². The smallest absolute Gasteiger partial charge is 0.166 e. The maximum Gasteiger partial charge on any atom is 0.166 e. The van der Waals surface area contributed by atoms with Crippen molar-refractivity contribution in [2.75, 3.05) is 0 Å². The Kier molecular flexibility index (Phi) is 3.93. The van der Waals surface area contributed by atoms with Crippen molar-refractivity contribution in [1.29, 1.82) is 0 Å². The molecule has 0 spiro atoms. The maximum absolute atomic E-state index is 11.7. The van der Waals surface area contributed by atoms with Crippen LogP contribution in [-0.2, 0) is 11.2 Å². The van der Waals surface area contributed by atoms with Gasteiger partial charge in [-0.15, -0.1) is 11.3 Å². The lowest BCUT2D eigenvalue weighted by Gasteiger charge is -2.24. The van der Waals surface area contributed by atoms with Crippen LogP contribution in [0.5, 0.6) is 0 Å². The Balaban J connectivity index is 2.64. The van der Waals surface area contributed by atoms with Gasteiger partial charge in [0.1, 0.15) is 6.10 Å². The van der Waals surface area contributed by atoms with Gasteiger partial charge in [-0.2, -0.15) is 0 Å². The zero-order valence-electron chi connectivity index (χ0n) is 9.08. The molecule has 0 fully saturated rings. The fourth-order valence-electron chi connectivity index (χ4n) is 1.20. The highest BCUT2D eigenvalue weighted by atomic mass is 35.5. The number of halogens is 1. The predicted molar refractivity (Wildman–Crippen MR) is 63.5 cm³/mol. The van der Waals surface area contributed by atoms with E-state index in [1.165, 1.54) is 11.3 Å². The summed E-state index contributed by atoms with van der Waals surface area (Å²) in [5.74, 6) is -0.152. The lowest BCUT2D eigenvalue weighted by atomic mass is 9.85. The molecule has 0 radical (unpaired) electrons. The molecular weight excluding hydrogens is 232 g/mol. The molecule has 0 amide bonds. The van der Waals surface area contributed by atoms with Crippen LogP contribution in [0.2, 0.25) is 4.34 Å². The van der Waals surface area contributed by atoms with E-state index in [4.69, 9.17) is 11.6 Å². The van der Waals surface area contributed by atoms with Crippen molar-refractivity contribution < 1.29 is 9.90 Å². The Labute approximate surface area is 98.9 Å². The van der Waals surface area contributed by atoms with Crippen LogP contribution >= 0.6 is 22.9 Å². The summed E-state index contributed by atoms with van der Waals surface area (Å²) < 4.78 is 0.669. The van der Waals surface area contributed by atoms with Crippen molar-refractivity contribution in [2.45, 2.75) is 33.3 Å². The van der Waals surface area contributed by atoms with Crippen LogP contribution in [0.25, 0.3) is 0 Å². The number of thiophene rings is 1. The lowest BCUT2D eigenvalue weighted by Crippen LogP contribution is -2.35. The van der Waals surface area contributed by atoms with E-state index in [0.29, 0.717) is 4.34 Å². The van der Waals surface area contributed by atoms with Gasteiger partial charge in [-0.1, -0.05) is 32.4 Å². The van der Waals surface area contributed by atoms with Crippen LogP contribution in [0.1, 0.15) is 25.6 Å². The van der Waals surface area contributed by atoms with Gasteiger partial charge in [0.25, 0.3) is 0 Å². The average Bonchev–Trinajstić information content (AvgIpc) is 2.48. The van der Waals surface area contributed by atoms with Crippen LogP contribution in [-0.4, -0.2) is 17.0 Å². The molecule has 1 atom stereocenters. The Hall–Kier alpha value is -0.380. The molecule has 1 N–H and O–H groups in total. The van der Waals surface area contributed by atoms with E-state index in [1.54, 1.807) is 6.07 Å². The zero-order valence-corrected chi connectivity index (χ0v) is 10.7. The van der Waals surface area contributed by atoms with Crippen molar-refractivity contribution in [3.8, 4) is 0 Å². The molecule has 0 saturated heterocycles. The number of aliphatic hydroxyl groups excluding tert-OH is 1. The number of carbonyl (C=O) groups is 1. The third-order valence-corrected chi connectivity index (χ3v) is 3.33. The fraction of sp³-hybridized carbons (Fsp3) is 0.545. The van der Waals surface area contributed by atoms with Gasteiger partial charge in [0.2, 0.25) is 0 Å². The average molecular weight is 247 g/mol. The topological polar surface area (TPSA) is 37.3 Å². The van der Waals surface area contributed by atoms with Gasteiger partial charge in [0.15, 0.2) is 5.78 Å². The summed E-state index contributed by atoms with van der Waals surface area (Å²) in [5, 5.41) is 9.74. The third kappa shape index (κ3) is 3.59. The van der Waals surface area contributed by atoms with Gasteiger partial charge < -0.3 is 5.11 Å². The molecule has 0 saturated carbocycles. The van der Waals surface area contributed by atoms with E-state index in [1.807, 2.05) is 26.8 Å². The van der Waals surface area contributed by atoms with Gasteiger partial charge in [-0.25, -0.2) is 0 Å². The molecule has 0 aromatic carbocycles. The zero-order chi connectivity index (χ0) is 11.6. The maximum atomic E-state index is 11.7. The van der Waals surface area contributed by atoms with Crippen molar-refractivity contribution in [3.05, 3.63) is 21.3 Å². The van der Waals surface area contributed by atoms with Crippen LogP contribution in [0, 0.1) is 5.41 Å². The van der Waals surface area contributed by atoms with Gasteiger partial charge in [-0.05, 0) is 17.5 Å². The predicted octanol–water partition coefficient (Wildman–Crippen LogP) is 2.92. The van der Waals surface area contributed by atoms with Crippen molar-refractivity contribution in [3.63, 3.8) is 0 Å². The molecule has 84 valence electrons. The molecular formula is C11H15ClO2S. The summed E-state index contributed by atoms with van der Waals surface area (Å²) in [6.07, 6.45) is -0.658. The quantitative estimate of drug-likeness (QED) is 0.891. The highest BCUT2D eigenvalue weighted by molar-refractivity contribution is 7.16. The van der Waals surface area contributed by atoms with Crippen LogP contribution in [0.3, 0.4) is 0 Å². The summed E-state index contributed by atoms with van der Waals surface area (Å²) in [4.78, 5) is 12.6. The van der Waals surface area contributed by atoms with Gasteiger partial charge in [0.05, 0.1) is 4.34 Å². The minimum atomic E-state index is -0.918. The third-order valence-electron chi connectivity index (χ3n) is 2.10. The summed E-state index contributed by atoms with van der Waals surface area (Å²) in [6.45, 7) is 5.53. The number of Topliss-reactive ketones (excluding diaryl/α,β-unsaturated/α-hetero) is 1. The number of hydrogen-bond donors (Lipinski definition) is 1. The largest absolute Gasteiger partial charge is 0.385 e. The van der Waals surface area contributed by atoms with E-state index in [2.05, 4.69) is 0 Å². The second-order valence-corrected chi connectivity index (χ2v) is 6.42. The Morgan fingerprint density at radius 1 is 1.53 bits per heavy atom.